The summed E-state index contributed by atoms with van der Waals surface area (Å²) in [5.74, 6) is 2.07. The lowest BCUT2D eigenvalue weighted by Gasteiger charge is -2.08. The molecule has 1 aliphatic heterocycles. The van der Waals surface area contributed by atoms with Gasteiger partial charge in [-0.15, -0.1) is 0 Å². The Morgan fingerprint density at radius 3 is 3.00 bits per heavy atom. The van der Waals surface area contributed by atoms with Crippen molar-refractivity contribution < 1.29 is 14.6 Å². The summed E-state index contributed by atoms with van der Waals surface area (Å²) in [5, 5.41) is 12.3. The van der Waals surface area contributed by atoms with E-state index in [9.17, 15) is 0 Å². The molecule has 0 saturated carbocycles. The van der Waals surface area contributed by atoms with Crippen LogP contribution in [-0.4, -0.2) is 25.1 Å². The summed E-state index contributed by atoms with van der Waals surface area (Å²) in [6.07, 6.45) is 2.15. The highest BCUT2D eigenvalue weighted by Crippen LogP contribution is 2.32. The maximum absolute atomic E-state index is 8.91. The number of nitrogens with one attached hydrogen (secondary N) is 1. The lowest BCUT2D eigenvalue weighted by molar-refractivity contribution is 0.174. The molecule has 4 heteroatoms. The number of hydrogen-bond acceptors (Lipinski definition) is 4. The first kappa shape index (κ1) is 13.2. The van der Waals surface area contributed by atoms with Crippen LogP contribution in [0.3, 0.4) is 0 Å². The SMILES string of the molecule is CC(CO)CCCNCc1ccc2c(c1)OCO2. The summed E-state index contributed by atoms with van der Waals surface area (Å²) in [6, 6.07) is 6.02. The van der Waals surface area contributed by atoms with Crippen molar-refractivity contribution in [1.82, 2.24) is 5.32 Å². The molecule has 2 rings (SSSR count). The smallest absolute Gasteiger partial charge is 0.231 e. The molecule has 0 aromatic heterocycles. The van der Waals surface area contributed by atoms with Crippen molar-refractivity contribution in [2.24, 2.45) is 5.92 Å². The van der Waals surface area contributed by atoms with Gasteiger partial charge in [0.15, 0.2) is 11.5 Å². The van der Waals surface area contributed by atoms with E-state index in [1.807, 2.05) is 12.1 Å². The maximum Gasteiger partial charge on any atom is 0.231 e. The number of aliphatic hydroxyl groups is 1. The van der Waals surface area contributed by atoms with Crippen molar-refractivity contribution in [3.05, 3.63) is 23.8 Å². The maximum atomic E-state index is 8.91. The van der Waals surface area contributed by atoms with E-state index < -0.39 is 0 Å². The van der Waals surface area contributed by atoms with Crippen molar-refractivity contribution in [1.29, 1.82) is 0 Å². The number of fused-ring (bicyclic) bond motifs is 1. The van der Waals surface area contributed by atoms with Gasteiger partial charge in [0.2, 0.25) is 6.79 Å². The van der Waals surface area contributed by atoms with Crippen LogP contribution < -0.4 is 14.8 Å². The Morgan fingerprint density at radius 1 is 1.33 bits per heavy atom. The second-order valence-electron chi connectivity index (χ2n) is 4.79. The van der Waals surface area contributed by atoms with E-state index in [4.69, 9.17) is 14.6 Å². The fourth-order valence-electron chi connectivity index (χ4n) is 1.95. The molecule has 100 valence electrons. The van der Waals surface area contributed by atoms with Gasteiger partial charge in [0, 0.05) is 13.2 Å². The molecule has 2 N–H and O–H groups in total. The van der Waals surface area contributed by atoms with Gasteiger partial charge in [-0.3, -0.25) is 0 Å². The van der Waals surface area contributed by atoms with Crippen LogP contribution in [0.2, 0.25) is 0 Å². The van der Waals surface area contributed by atoms with E-state index in [2.05, 4.69) is 18.3 Å². The second kappa shape index (κ2) is 6.61. The van der Waals surface area contributed by atoms with Crippen molar-refractivity contribution in [2.75, 3.05) is 19.9 Å². The van der Waals surface area contributed by atoms with Crippen molar-refractivity contribution in [3.63, 3.8) is 0 Å². The third kappa shape index (κ3) is 3.62. The van der Waals surface area contributed by atoms with E-state index in [-0.39, 0.29) is 6.61 Å². The predicted molar refractivity (Wildman–Crippen MR) is 69.8 cm³/mol. The molecule has 1 unspecified atom stereocenters. The molecule has 0 aliphatic carbocycles. The molecule has 0 fully saturated rings. The minimum Gasteiger partial charge on any atom is -0.454 e. The number of hydrogen-bond donors (Lipinski definition) is 2. The average Bonchev–Trinajstić information content (AvgIpc) is 2.85. The molecule has 0 bridgehead atoms. The van der Waals surface area contributed by atoms with Crippen LogP contribution in [0.25, 0.3) is 0 Å². The zero-order valence-electron chi connectivity index (χ0n) is 10.8. The van der Waals surface area contributed by atoms with Crippen LogP contribution in [0.15, 0.2) is 18.2 Å². The molecule has 0 radical (unpaired) electrons. The van der Waals surface area contributed by atoms with Gasteiger partial charge in [-0.25, -0.2) is 0 Å². The molecule has 1 atom stereocenters. The van der Waals surface area contributed by atoms with Gasteiger partial charge in [-0.2, -0.15) is 0 Å². The quantitative estimate of drug-likeness (QED) is 0.727. The lowest BCUT2D eigenvalue weighted by atomic mass is 10.1. The Balaban J connectivity index is 1.68. The van der Waals surface area contributed by atoms with Gasteiger partial charge in [-0.05, 0) is 43.0 Å². The highest BCUT2D eigenvalue weighted by atomic mass is 16.7. The predicted octanol–water partition coefficient (Wildman–Crippen LogP) is 1.91. The standard InChI is InChI=1S/C14H21NO3/c1-11(9-16)3-2-6-15-8-12-4-5-13-14(7-12)18-10-17-13/h4-5,7,11,15-16H,2-3,6,8-10H2,1H3. The molecule has 1 heterocycles. The molecule has 1 aromatic rings. The van der Waals surface area contributed by atoms with E-state index in [1.165, 1.54) is 5.56 Å². The number of benzene rings is 1. The Bertz CT molecular complexity index is 381. The summed E-state index contributed by atoms with van der Waals surface area (Å²) in [7, 11) is 0. The van der Waals surface area contributed by atoms with Crippen molar-refractivity contribution in [3.8, 4) is 11.5 Å². The van der Waals surface area contributed by atoms with Crippen LogP contribution in [0.4, 0.5) is 0 Å². The lowest BCUT2D eigenvalue weighted by Crippen LogP contribution is -2.15. The van der Waals surface area contributed by atoms with Crippen LogP contribution in [0, 0.1) is 5.92 Å². The molecular weight excluding hydrogens is 230 g/mol. The molecular formula is C14H21NO3. The summed E-state index contributed by atoms with van der Waals surface area (Å²) in [4.78, 5) is 0. The van der Waals surface area contributed by atoms with E-state index >= 15 is 0 Å². The molecule has 1 aliphatic rings. The highest BCUT2D eigenvalue weighted by molar-refractivity contribution is 5.44. The summed E-state index contributed by atoms with van der Waals surface area (Å²) < 4.78 is 10.6. The normalized spacial score (nSPS) is 14.8. The minimum atomic E-state index is 0.280. The van der Waals surface area contributed by atoms with E-state index in [0.717, 1.165) is 37.4 Å². The van der Waals surface area contributed by atoms with Crippen LogP contribution in [0.1, 0.15) is 25.3 Å². The van der Waals surface area contributed by atoms with Gasteiger partial charge in [0.1, 0.15) is 0 Å². The van der Waals surface area contributed by atoms with Gasteiger partial charge in [-0.1, -0.05) is 13.0 Å². The second-order valence-corrected chi connectivity index (χ2v) is 4.79. The first-order valence-electron chi connectivity index (χ1n) is 6.49. The third-order valence-corrected chi connectivity index (χ3v) is 3.13. The molecule has 4 nitrogen and oxygen atoms in total. The van der Waals surface area contributed by atoms with Crippen LogP contribution in [-0.2, 0) is 6.54 Å². The number of aliphatic hydroxyl groups excluding tert-OH is 1. The molecule has 0 saturated heterocycles. The Hall–Kier alpha value is -1.26. The fraction of sp³-hybridized carbons (Fsp3) is 0.571. The van der Waals surface area contributed by atoms with Gasteiger partial charge < -0.3 is 19.9 Å². The summed E-state index contributed by atoms with van der Waals surface area (Å²) in [5.41, 5.74) is 1.20. The Kier molecular flexibility index (Phi) is 4.84. The van der Waals surface area contributed by atoms with Gasteiger partial charge >= 0.3 is 0 Å². The topological polar surface area (TPSA) is 50.7 Å². The fourth-order valence-corrected chi connectivity index (χ4v) is 1.95. The first-order chi connectivity index (χ1) is 8.79. The highest BCUT2D eigenvalue weighted by Gasteiger charge is 2.12. The first-order valence-corrected chi connectivity index (χ1v) is 6.49. The van der Waals surface area contributed by atoms with Gasteiger partial charge in [0.05, 0.1) is 0 Å². The number of ether oxygens (including phenoxy) is 2. The summed E-state index contributed by atoms with van der Waals surface area (Å²) in [6.45, 7) is 4.48. The van der Waals surface area contributed by atoms with Crippen LogP contribution >= 0.6 is 0 Å². The Morgan fingerprint density at radius 2 is 2.17 bits per heavy atom. The van der Waals surface area contributed by atoms with Gasteiger partial charge in [0.25, 0.3) is 0 Å². The third-order valence-electron chi connectivity index (χ3n) is 3.13. The largest absolute Gasteiger partial charge is 0.454 e. The molecule has 0 spiro atoms. The Labute approximate surface area is 108 Å². The minimum absolute atomic E-state index is 0.280. The van der Waals surface area contributed by atoms with Crippen LogP contribution in [0.5, 0.6) is 11.5 Å². The van der Waals surface area contributed by atoms with E-state index in [0.29, 0.717) is 12.7 Å². The summed E-state index contributed by atoms with van der Waals surface area (Å²) >= 11 is 0. The molecule has 1 aromatic carbocycles. The van der Waals surface area contributed by atoms with Crippen molar-refractivity contribution >= 4 is 0 Å². The molecule has 0 amide bonds. The number of rotatable bonds is 7. The zero-order chi connectivity index (χ0) is 12.8. The monoisotopic (exact) mass is 251 g/mol. The zero-order valence-corrected chi connectivity index (χ0v) is 10.8. The average molecular weight is 251 g/mol. The van der Waals surface area contributed by atoms with E-state index in [1.54, 1.807) is 0 Å². The molecule has 18 heavy (non-hydrogen) atoms. The van der Waals surface area contributed by atoms with Crippen molar-refractivity contribution in [2.45, 2.75) is 26.3 Å².